The Morgan fingerprint density at radius 1 is 1.12 bits per heavy atom. The zero-order chi connectivity index (χ0) is 16.9. The molecular weight excluding hydrogens is 346 g/mol. The van der Waals surface area contributed by atoms with Gasteiger partial charge in [0.05, 0.1) is 0 Å². The molecular formula is C16H14ClN5OS. The highest BCUT2D eigenvalue weighted by Gasteiger charge is 2.17. The number of nitrogens with one attached hydrogen (secondary N) is 3. The van der Waals surface area contributed by atoms with E-state index in [0.29, 0.717) is 16.5 Å². The van der Waals surface area contributed by atoms with E-state index in [0.717, 1.165) is 10.6 Å². The van der Waals surface area contributed by atoms with Gasteiger partial charge in [-0.05, 0) is 42.7 Å². The Bertz CT molecular complexity index is 867. The largest absolute Gasteiger partial charge is 0.337 e. The van der Waals surface area contributed by atoms with Crippen LogP contribution in [-0.4, -0.2) is 27.6 Å². The first-order valence-electron chi connectivity index (χ1n) is 7.04. The number of carbonyl (C=O) groups is 1. The molecule has 6 nitrogen and oxygen atoms in total. The number of H-pyrrole nitrogens is 1. The third kappa shape index (κ3) is 3.87. The number of benzene rings is 2. The van der Waals surface area contributed by atoms with Crippen LogP contribution in [0.5, 0.6) is 0 Å². The average molecular weight is 360 g/mol. The number of hydrogen-bond acceptors (Lipinski definition) is 5. The number of anilines is 3. The minimum atomic E-state index is -0.355. The van der Waals surface area contributed by atoms with Gasteiger partial charge in [0.15, 0.2) is 11.5 Å². The van der Waals surface area contributed by atoms with Crippen molar-refractivity contribution in [1.29, 1.82) is 0 Å². The number of nitrogens with zero attached hydrogens (tertiary/aromatic N) is 2. The summed E-state index contributed by atoms with van der Waals surface area (Å²) in [6.07, 6.45) is 1.98. The second-order valence-electron chi connectivity index (χ2n) is 4.84. The normalized spacial score (nSPS) is 10.4. The fourth-order valence-electron chi connectivity index (χ4n) is 2.07. The SMILES string of the molecule is CSc1cccc(NC(=O)c2n[nH]nc2Nc2cccc(Cl)c2)c1. The molecule has 3 N–H and O–H groups in total. The van der Waals surface area contributed by atoms with Gasteiger partial charge in [-0.1, -0.05) is 23.7 Å². The van der Waals surface area contributed by atoms with Gasteiger partial charge >= 0.3 is 0 Å². The van der Waals surface area contributed by atoms with E-state index in [1.165, 1.54) is 0 Å². The number of carbonyl (C=O) groups excluding carboxylic acids is 1. The van der Waals surface area contributed by atoms with Crippen molar-refractivity contribution in [2.45, 2.75) is 4.90 Å². The van der Waals surface area contributed by atoms with Crippen molar-refractivity contribution in [1.82, 2.24) is 15.4 Å². The first-order valence-corrected chi connectivity index (χ1v) is 8.65. The Kier molecular flexibility index (Phi) is 5.02. The summed E-state index contributed by atoms with van der Waals surface area (Å²) in [4.78, 5) is 13.5. The third-order valence-corrected chi connectivity index (χ3v) is 4.14. The van der Waals surface area contributed by atoms with Gasteiger partial charge in [-0.15, -0.1) is 22.0 Å². The van der Waals surface area contributed by atoms with E-state index >= 15 is 0 Å². The molecule has 2 aromatic carbocycles. The molecule has 0 unspecified atom stereocenters. The molecule has 0 saturated heterocycles. The summed E-state index contributed by atoms with van der Waals surface area (Å²) in [7, 11) is 0. The van der Waals surface area contributed by atoms with E-state index in [1.807, 2.05) is 36.6 Å². The average Bonchev–Trinajstić information content (AvgIpc) is 3.03. The predicted molar refractivity (Wildman–Crippen MR) is 97.3 cm³/mol. The molecule has 0 atom stereocenters. The molecule has 0 radical (unpaired) electrons. The summed E-state index contributed by atoms with van der Waals surface area (Å²) in [5.41, 5.74) is 1.59. The van der Waals surface area contributed by atoms with Crippen LogP contribution in [-0.2, 0) is 0 Å². The van der Waals surface area contributed by atoms with E-state index in [2.05, 4.69) is 26.0 Å². The van der Waals surface area contributed by atoms with Crippen LogP contribution >= 0.6 is 23.4 Å². The third-order valence-electron chi connectivity index (χ3n) is 3.18. The highest BCUT2D eigenvalue weighted by Crippen LogP contribution is 2.22. The smallest absolute Gasteiger partial charge is 0.280 e. The molecule has 3 aromatic rings. The van der Waals surface area contributed by atoms with Crippen LogP contribution in [0.1, 0.15) is 10.5 Å². The first kappa shape index (κ1) is 16.4. The molecule has 0 bridgehead atoms. The van der Waals surface area contributed by atoms with Crippen LogP contribution < -0.4 is 10.6 Å². The lowest BCUT2D eigenvalue weighted by Gasteiger charge is -2.07. The lowest BCUT2D eigenvalue weighted by atomic mass is 10.3. The van der Waals surface area contributed by atoms with Gasteiger partial charge in [-0.2, -0.15) is 5.21 Å². The van der Waals surface area contributed by atoms with Gasteiger partial charge in [0.1, 0.15) is 0 Å². The van der Waals surface area contributed by atoms with E-state index < -0.39 is 0 Å². The number of thioether (sulfide) groups is 1. The number of halogens is 1. The maximum atomic E-state index is 12.4. The number of rotatable bonds is 5. The maximum absolute atomic E-state index is 12.4. The van der Waals surface area contributed by atoms with Gasteiger partial charge in [-0.3, -0.25) is 4.79 Å². The Morgan fingerprint density at radius 3 is 2.71 bits per heavy atom. The van der Waals surface area contributed by atoms with Gasteiger partial charge in [0, 0.05) is 21.3 Å². The summed E-state index contributed by atoms with van der Waals surface area (Å²) in [6.45, 7) is 0. The number of aromatic amines is 1. The second-order valence-corrected chi connectivity index (χ2v) is 6.16. The van der Waals surface area contributed by atoms with E-state index in [4.69, 9.17) is 11.6 Å². The van der Waals surface area contributed by atoms with Crippen molar-refractivity contribution in [2.75, 3.05) is 16.9 Å². The quantitative estimate of drug-likeness (QED) is 0.595. The summed E-state index contributed by atoms with van der Waals surface area (Å²) in [6, 6.07) is 14.7. The molecule has 0 fully saturated rings. The van der Waals surface area contributed by atoms with Gasteiger partial charge in [0.2, 0.25) is 0 Å². The lowest BCUT2D eigenvalue weighted by molar-refractivity contribution is 0.102. The molecule has 1 amide bonds. The molecule has 8 heteroatoms. The molecule has 1 aromatic heterocycles. The predicted octanol–water partition coefficient (Wildman–Crippen LogP) is 4.18. The van der Waals surface area contributed by atoms with Crippen molar-refractivity contribution in [2.24, 2.45) is 0 Å². The highest BCUT2D eigenvalue weighted by atomic mass is 35.5. The van der Waals surface area contributed by atoms with Crippen LogP contribution in [0.15, 0.2) is 53.4 Å². The van der Waals surface area contributed by atoms with Crippen molar-refractivity contribution in [3.05, 3.63) is 59.2 Å². The molecule has 0 aliphatic heterocycles. The fourth-order valence-corrected chi connectivity index (χ4v) is 2.72. The Morgan fingerprint density at radius 2 is 1.92 bits per heavy atom. The van der Waals surface area contributed by atoms with Crippen LogP contribution in [0.25, 0.3) is 0 Å². The molecule has 0 spiro atoms. The zero-order valence-electron chi connectivity index (χ0n) is 12.7. The number of hydrogen-bond donors (Lipinski definition) is 3. The topological polar surface area (TPSA) is 82.7 Å². The Hall–Kier alpha value is -2.51. The van der Waals surface area contributed by atoms with Gasteiger partial charge < -0.3 is 10.6 Å². The highest BCUT2D eigenvalue weighted by molar-refractivity contribution is 7.98. The van der Waals surface area contributed by atoms with E-state index in [-0.39, 0.29) is 11.6 Å². The summed E-state index contributed by atoms with van der Waals surface area (Å²) >= 11 is 7.56. The molecule has 0 aliphatic rings. The molecule has 3 rings (SSSR count). The molecule has 0 aliphatic carbocycles. The fraction of sp³-hybridized carbons (Fsp3) is 0.0625. The summed E-state index contributed by atoms with van der Waals surface area (Å²) < 4.78 is 0. The molecule has 1 heterocycles. The number of amides is 1. The molecule has 24 heavy (non-hydrogen) atoms. The monoisotopic (exact) mass is 359 g/mol. The Labute approximate surface area is 148 Å². The maximum Gasteiger partial charge on any atom is 0.280 e. The van der Waals surface area contributed by atoms with Crippen molar-refractivity contribution in [3.63, 3.8) is 0 Å². The Balaban J connectivity index is 1.77. The van der Waals surface area contributed by atoms with Crippen molar-refractivity contribution < 1.29 is 4.79 Å². The van der Waals surface area contributed by atoms with Crippen molar-refractivity contribution >= 4 is 46.5 Å². The first-order chi connectivity index (χ1) is 11.7. The van der Waals surface area contributed by atoms with Gasteiger partial charge in [-0.25, -0.2) is 0 Å². The van der Waals surface area contributed by atoms with Crippen molar-refractivity contribution in [3.8, 4) is 0 Å². The van der Waals surface area contributed by atoms with Crippen LogP contribution in [0.3, 0.4) is 0 Å². The molecule has 0 saturated carbocycles. The van der Waals surface area contributed by atoms with E-state index in [1.54, 1.807) is 30.0 Å². The van der Waals surface area contributed by atoms with Crippen LogP contribution in [0.4, 0.5) is 17.2 Å². The molecule has 122 valence electrons. The zero-order valence-corrected chi connectivity index (χ0v) is 14.3. The standard InChI is InChI=1S/C16H14ClN5OS/c1-24-13-7-3-6-12(9-13)19-16(23)14-15(21-22-20-14)18-11-5-2-4-10(17)8-11/h2-9H,1H3,(H,19,23)(H2,18,20,21,22). The van der Waals surface area contributed by atoms with E-state index in [9.17, 15) is 4.79 Å². The minimum absolute atomic E-state index is 0.171. The van der Waals surface area contributed by atoms with Crippen LogP contribution in [0, 0.1) is 0 Å². The summed E-state index contributed by atoms with van der Waals surface area (Å²) in [5.74, 6) is -0.0256. The second kappa shape index (κ2) is 7.37. The lowest BCUT2D eigenvalue weighted by Crippen LogP contribution is -2.14. The van der Waals surface area contributed by atoms with Gasteiger partial charge in [0.25, 0.3) is 5.91 Å². The minimum Gasteiger partial charge on any atom is -0.337 e. The number of aromatic nitrogens is 3. The summed E-state index contributed by atoms with van der Waals surface area (Å²) in [5, 5.41) is 16.8. The van der Waals surface area contributed by atoms with Crippen LogP contribution in [0.2, 0.25) is 5.02 Å².